The molecule has 0 heterocycles. The maximum absolute atomic E-state index is 12.2. The first-order valence-electron chi connectivity index (χ1n) is 39.3. The topological polar surface area (TPSA) is 623 Å². The van der Waals surface area contributed by atoms with E-state index in [9.17, 15) is 78.0 Å². The van der Waals surface area contributed by atoms with Crippen molar-refractivity contribution in [1.82, 2.24) is 54.5 Å². The zero-order valence-electron chi connectivity index (χ0n) is 70.9. The predicted octanol–water partition coefficient (Wildman–Crippen LogP) is 9.18. The molecule has 0 atom stereocenters. The number of hydrazone groups is 5. The number of aromatic carboxylic acids is 1. The Hall–Kier alpha value is -18.8. The molecule has 134 heavy (non-hydrogen) atoms. The predicted molar refractivity (Wildman–Crippen MR) is 495 cm³/mol. The average molecular weight is 1820 g/mol. The van der Waals surface area contributed by atoms with Crippen molar-refractivity contribution in [3.05, 3.63) is 361 Å². The fourth-order valence-electron chi connectivity index (χ4n) is 10.6. The lowest BCUT2D eigenvalue weighted by Crippen LogP contribution is -2.21. The van der Waals surface area contributed by atoms with Gasteiger partial charge in [-0.25, -0.2) is 64.2 Å². The number of rotatable bonds is 32. The van der Waals surface area contributed by atoms with Gasteiger partial charge in [0.2, 0.25) is 11.7 Å². The van der Waals surface area contributed by atoms with Crippen LogP contribution in [0.15, 0.2) is 280 Å². The number of aromatic hydroxyl groups is 4. The van der Waals surface area contributed by atoms with Gasteiger partial charge < -0.3 is 36.2 Å². The number of carboxylic acids is 1. The number of carboxylic acid groups (broad SMARTS) is 1. The number of hydrogen-bond donors (Lipinski definition) is 21. The monoisotopic (exact) mass is 1820 g/mol. The van der Waals surface area contributed by atoms with E-state index in [1.54, 1.807) is 152 Å². The second kappa shape index (κ2) is 56.3. The molecule has 0 saturated carbocycles. The summed E-state index contributed by atoms with van der Waals surface area (Å²) >= 11 is 0. The number of hydrogen-bond acceptors (Lipinski definition) is 27. The number of phenols is 4. The number of hydroxylamine groups is 5. The van der Waals surface area contributed by atoms with Crippen molar-refractivity contribution in [3.63, 3.8) is 0 Å². The van der Waals surface area contributed by atoms with Gasteiger partial charge >= 0.3 is 5.97 Å². The molecule has 0 aliphatic rings. The quantitative estimate of drug-likeness (QED) is 0.00466. The van der Waals surface area contributed by atoms with Gasteiger partial charge in [0.05, 0.1) is 43.2 Å². The Morgan fingerprint density at radius 1 is 0.358 bits per heavy atom. The molecule has 0 aliphatic carbocycles. The summed E-state index contributed by atoms with van der Waals surface area (Å²) in [4.78, 5) is 142. The van der Waals surface area contributed by atoms with Crippen molar-refractivity contribution in [3.8, 4) is 23.0 Å². The molecule has 686 valence electrons. The number of nitrogens with one attached hydrogen (secondary N) is 10. The normalized spacial score (nSPS) is 10.9. The van der Waals surface area contributed by atoms with Crippen molar-refractivity contribution in [2.45, 2.75) is 26.7 Å². The number of phenolic OH excluding ortho intramolecular Hbond substituents is 4. The van der Waals surface area contributed by atoms with E-state index in [1.165, 1.54) is 131 Å². The second-order valence-corrected chi connectivity index (χ2v) is 26.7. The number of anilines is 1. The van der Waals surface area contributed by atoms with E-state index in [0.717, 1.165) is 66.0 Å². The van der Waals surface area contributed by atoms with Crippen LogP contribution < -0.4 is 65.2 Å². The Kier molecular flexibility index (Phi) is 43.7. The largest absolute Gasteiger partial charge is 0.507 e. The van der Waals surface area contributed by atoms with Gasteiger partial charge in [0.25, 0.3) is 59.1 Å². The molecule has 11 amide bonds. The van der Waals surface area contributed by atoms with Gasteiger partial charge in [0.15, 0.2) is 17.2 Å². The molecule has 0 aromatic heterocycles. The third-order valence-electron chi connectivity index (χ3n) is 17.6. The molecule has 0 saturated heterocycles. The minimum Gasteiger partial charge on any atom is -0.507 e. The van der Waals surface area contributed by atoms with Crippen LogP contribution in [0.5, 0.6) is 23.0 Å². The van der Waals surface area contributed by atoms with Gasteiger partial charge in [-0.1, -0.05) is 127 Å². The standard InChI is InChI=1S/C21H24N4O4.C20H20N4O4.C18H14N4O3.C18H15N3O5.C17H15N3O6/c1-3-25(4-2)18-11-10-17(19(26)13-18)14-22-23-21(28)16-8-5-15(6-9-16)7-12-20(27)24-29;21-18(25)11-10-15-3-1-2-4-17(15)13-22-23-20(27)16-8-5-14(6-9-16)7-12-19(26)24-28;1-19-16-9-4-14(5-10-16)12-20-21-18(24)15-7-2-13(3-8-15)6-11-17(23)22-25;22-16(21-26)10-7-12-5-8-13(9-6-12)17(23)20-19-11-14-3-1-2-4-15(14)18(24)25;21-13-7-6-12(15(23)16(13)24)9-18-19-17(25)11-4-1-10(2-5-11)3-8-14(22)20-26/h5-14,26,29H,3-4H2,1-2H3,(H,23,28)(H,24,27);1-9,12-13,28H,10-11H2,(H2,21,25)(H,23,27)(H,24,26);2-12,25H,(H,21,24)(H,22,23);1-11,26H,(H,20,23)(H,21,22)(H,24,25);1-9,21,23-24,26H,(H,19,25)(H,20,22)/b12-7+,22-14+;12-7+,22-13+;11-6+,20-12+;10-7+,19-11+;8-3+,18-9+. The molecule has 0 spiro atoms. The summed E-state index contributed by atoms with van der Waals surface area (Å²) in [6.07, 6.45) is 20.6. The van der Waals surface area contributed by atoms with E-state index < -0.39 is 76.4 Å². The van der Waals surface area contributed by atoms with Crippen LogP contribution in [0.3, 0.4) is 0 Å². The molecule has 0 unspecified atom stereocenters. The van der Waals surface area contributed by atoms with Crippen LogP contribution in [0.25, 0.3) is 35.2 Å². The van der Waals surface area contributed by atoms with Crippen LogP contribution in [0.1, 0.15) is 144 Å². The summed E-state index contributed by atoms with van der Waals surface area (Å²) in [6.45, 7) is 12.6. The summed E-state index contributed by atoms with van der Waals surface area (Å²) in [5.41, 5.74) is 34.5. The number of carbonyl (C=O) groups excluding carboxylic acids is 11. The Bertz CT molecular complexity index is 6130. The van der Waals surface area contributed by atoms with E-state index in [2.05, 4.69) is 62.4 Å². The van der Waals surface area contributed by atoms with Gasteiger partial charge in [-0.05, 0) is 186 Å². The molecule has 10 aromatic rings. The number of nitrogens with two attached hydrogens (primary N) is 1. The van der Waals surface area contributed by atoms with Crippen LogP contribution in [-0.2, 0) is 35.2 Å². The van der Waals surface area contributed by atoms with Crippen LogP contribution >= 0.6 is 0 Å². The SMILES string of the molecule is CCN(CC)c1ccc(/C=N/NC(=O)c2ccc(/C=C/C(=O)NO)cc2)c(O)c1.NC(=O)CCc1ccccc1/C=N/NC(=O)c1ccc(/C=C/C(=O)NO)cc1.O=C(/C=C/c1ccc(C(=O)N/N=C/c2ccc(O)c(O)c2O)cc1)NO.O=C(/C=C/c1ccc(C(=O)N/N=C/c2ccccc2C(=O)O)cc1)NO.[C-]#[N+]c1ccc(/C=N/NC(=O)c2ccc(/C=C/C(=O)NO)cc2)cc1. The Labute approximate surface area is 763 Å². The van der Waals surface area contributed by atoms with Crippen LogP contribution in [0.4, 0.5) is 11.4 Å². The van der Waals surface area contributed by atoms with E-state index in [0.29, 0.717) is 78.9 Å². The highest BCUT2D eigenvalue weighted by atomic mass is 16.5. The zero-order chi connectivity index (χ0) is 97.7. The lowest BCUT2D eigenvalue weighted by molar-refractivity contribution is -0.124. The highest BCUT2D eigenvalue weighted by Crippen LogP contribution is 2.36. The summed E-state index contributed by atoms with van der Waals surface area (Å²) in [5, 5.41) is 109. The van der Waals surface area contributed by atoms with Crippen molar-refractivity contribution >= 4 is 144 Å². The molecule has 40 heteroatoms. The second-order valence-electron chi connectivity index (χ2n) is 26.7. The average Bonchev–Trinajstić information content (AvgIpc) is 0.846. The van der Waals surface area contributed by atoms with Crippen LogP contribution in [-0.4, -0.2) is 167 Å². The minimum atomic E-state index is -1.09. The number of benzene rings is 10. The maximum atomic E-state index is 12.2. The van der Waals surface area contributed by atoms with Crippen LogP contribution in [0.2, 0.25) is 0 Å². The number of aryl methyl sites for hydroxylation is 1. The van der Waals surface area contributed by atoms with Crippen molar-refractivity contribution < 1.29 is 109 Å². The molecule has 40 nitrogen and oxygen atoms in total. The Balaban J connectivity index is 0.000000258. The Morgan fingerprint density at radius 3 is 1.01 bits per heavy atom. The Morgan fingerprint density at radius 2 is 0.672 bits per heavy atom. The molecular weight excluding hydrogens is 1730 g/mol. The lowest BCUT2D eigenvalue weighted by Gasteiger charge is -2.21. The molecule has 22 N–H and O–H groups in total. The fourth-order valence-corrected chi connectivity index (χ4v) is 10.6. The zero-order valence-corrected chi connectivity index (χ0v) is 70.9. The third-order valence-corrected chi connectivity index (χ3v) is 17.6. The van der Waals surface area contributed by atoms with E-state index >= 15 is 0 Å². The van der Waals surface area contributed by atoms with Gasteiger partial charge in [0.1, 0.15) is 5.75 Å². The molecule has 0 fully saturated rings. The first-order chi connectivity index (χ1) is 64.5. The maximum Gasteiger partial charge on any atom is 0.336 e. The summed E-state index contributed by atoms with van der Waals surface area (Å²) in [6, 6.07) is 60.1. The van der Waals surface area contributed by atoms with Crippen molar-refractivity contribution in [2.75, 3.05) is 18.0 Å². The molecule has 10 rings (SSSR count). The summed E-state index contributed by atoms with van der Waals surface area (Å²) < 4.78 is 0. The van der Waals surface area contributed by atoms with Gasteiger partial charge in [-0.3, -0.25) is 78.8 Å². The number of nitrogens with zero attached hydrogens (tertiary/aromatic N) is 7. The van der Waals surface area contributed by atoms with Crippen molar-refractivity contribution in [2.24, 2.45) is 31.2 Å². The van der Waals surface area contributed by atoms with Crippen LogP contribution in [0, 0.1) is 6.57 Å². The van der Waals surface area contributed by atoms with E-state index in [1.807, 2.05) is 44.2 Å². The molecular formula is C94H88N18O22. The van der Waals surface area contributed by atoms with Gasteiger partial charge in [-0.15, -0.1) is 0 Å². The summed E-state index contributed by atoms with van der Waals surface area (Å²) in [5.74, 6) is -8.56. The minimum absolute atomic E-state index is 0.0774. The van der Waals surface area contributed by atoms with Crippen molar-refractivity contribution in [1.29, 1.82) is 0 Å². The number of amides is 11. The number of carbonyl (C=O) groups is 12. The van der Waals surface area contributed by atoms with E-state index in [4.69, 9.17) is 43.4 Å². The first kappa shape index (κ1) is 104. The molecule has 0 aliphatic heterocycles. The van der Waals surface area contributed by atoms with Gasteiger partial charge in [0, 0.05) is 106 Å². The molecule has 0 radical (unpaired) electrons. The smallest absolute Gasteiger partial charge is 0.336 e. The van der Waals surface area contributed by atoms with Gasteiger partial charge in [-0.2, -0.15) is 25.5 Å². The number of primary amides is 1. The first-order valence-corrected chi connectivity index (χ1v) is 39.3. The molecule has 10 aromatic carbocycles. The highest BCUT2D eigenvalue weighted by Gasteiger charge is 2.15. The highest BCUT2D eigenvalue weighted by molar-refractivity contribution is 6.02. The van der Waals surface area contributed by atoms with E-state index in [-0.39, 0.29) is 35.1 Å². The summed E-state index contributed by atoms with van der Waals surface area (Å²) in [7, 11) is 0. The third kappa shape index (κ3) is 36.6. The fraction of sp³-hybridized carbons (Fsp3) is 0.0638. The lowest BCUT2D eigenvalue weighted by atomic mass is 10.0. The molecule has 0 bridgehead atoms.